The minimum absolute atomic E-state index is 0.0171. The molecule has 0 unspecified atom stereocenters. The minimum Gasteiger partial charge on any atom is -0.460 e. The molecule has 0 aliphatic heterocycles. The van der Waals surface area contributed by atoms with E-state index in [2.05, 4.69) is 10.6 Å². The molecule has 0 saturated heterocycles. The molecule has 16 heteroatoms. The first-order valence-corrected chi connectivity index (χ1v) is 14.8. The lowest BCUT2D eigenvalue weighted by Crippen LogP contribution is -2.36. The van der Waals surface area contributed by atoms with E-state index >= 15 is 0 Å². The van der Waals surface area contributed by atoms with Gasteiger partial charge in [0.2, 0.25) is 0 Å². The maximum Gasteiger partial charge on any atom is 0.417 e. The van der Waals surface area contributed by atoms with Crippen LogP contribution < -0.4 is 20.1 Å². The molecule has 0 fully saturated rings. The van der Waals surface area contributed by atoms with Crippen molar-refractivity contribution in [2.45, 2.75) is 40.9 Å². The van der Waals surface area contributed by atoms with Crippen molar-refractivity contribution in [3.63, 3.8) is 0 Å². The van der Waals surface area contributed by atoms with E-state index in [1.54, 1.807) is 0 Å². The summed E-state index contributed by atoms with van der Waals surface area (Å²) in [4.78, 5) is 49.8. The molecule has 0 aliphatic carbocycles. The second kappa shape index (κ2) is 15.7. The molecule has 10 nitrogen and oxygen atoms in total. The quantitative estimate of drug-likeness (QED) is 0.0728. The number of ether oxygens (including phenoxy) is 4. The number of anilines is 2. The number of esters is 2. The van der Waals surface area contributed by atoms with Gasteiger partial charge in [0.1, 0.15) is 24.7 Å². The van der Waals surface area contributed by atoms with Crippen LogP contribution in [0.15, 0.2) is 60.7 Å². The van der Waals surface area contributed by atoms with Crippen molar-refractivity contribution in [3.05, 3.63) is 118 Å². The van der Waals surface area contributed by atoms with Crippen LogP contribution in [0, 0.1) is 54.2 Å². The van der Waals surface area contributed by atoms with Gasteiger partial charge in [-0.1, -0.05) is 24.3 Å². The number of rotatable bonds is 10. The van der Waals surface area contributed by atoms with E-state index in [9.17, 15) is 45.5 Å². The number of amides is 2. The van der Waals surface area contributed by atoms with Crippen LogP contribution in [-0.4, -0.2) is 24.1 Å². The smallest absolute Gasteiger partial charge is 0.417 e. The summed E-state index contributed by atoms with van der Waals surface area (Å²) in [6.07, 6.45) is -2.21. The van der Waals surface area contributed by atoms with Crippen molar-refractivity contribution in [3.8, 4) is 11.5 Å². The average molecular weight is 719 g/mol. The van der Waals surface area contributed by atoms with Crippen molar-refractivity contribution in [1.82, 2.24) is 0 Å². The predicted octanol–water partition coefficient (Wildman–Crippen LogP) is 8.17. The molecule has 0 radical (unpaired) electrons. The van der Waals surface area contributed by atoms with Crippen LogP contribution in [0.25, 0.3) is 0 Å². The summed E-state index contributed by atoms with van der Waals surface area (Å²) >= 11 is 0. The Hall–Kier alpha value is -6.06. The van der Waals surface area contributed by atoms with Gasteiger partial charge in [0.25, 0.3) is 0 Å². The molecule has 0 saturated carbocycles. The van der Waals surface area contributed by atoms with Gasteiger partial charge in [0, 0.05) is 23.3 Å². The van der Waals surface area contributed by atoms with E-state index in [4.69, 9.17) is 18.9 Å². The fourth-order valence-corrected chi connectivity index (χ4v) is 4.17. The second-order valence-electron chi connectivity index (χ2n) is 11.4. The lowest BCUT2D eigenvalue weighted by molar-refractivity contribution is -0.171. The highest BCUT2D eigenvalue weighted by atomic mass is 19.2. The number of halogens is 6. The van der Waals surface area contributed by atoms with Crippen LogP contribution in [0.3, 0.4) is 0 Å². The van der Waals surface area contributed by atoms with Crippen molar-refractivity contribution < 1.29 is 64.5 Å². The van der Waals surface area contributed by atoms with Gasteiger partial charge in [-0.25, -0.2) is 35.9 Å². The largest absolute Gasteiger partial charge is 0.460 e. The van der Waals surface area contributed by atoms with Gasteiger partial charge < -0.3 is 18.9 Å². The number of hydrogen-bond donors (Lipinski definition) is 2. The lowest BCUT2D eigenvalue weighted by Gasteiger charge is -2.21. The molecule has 0 aromatic heterocycles. The predicted molar refractivity (Wildman–Crippen MR) is 168 cm³/mol. The first-order chi connectivity index (χ1) is 24.0. The molecule has 0 spiro atoms. The fraction of sp³-hybridized carbons (Fsp3) is 0.200. The molecular weight excluding hydrogens is 690 g/mol. The molecule has 2 amide bonds. The zero-order chi connectivity index (χ0) is 37.6. The summed E-state index contributed by atoms with van der Waals surface area (Å²) < 4.78 is 102. The molecule has 51 heavy (non-hydrogen) atoms. The average Bonchev–Trinajstić information content (AvgIpc) is 3.10. The van der Waals surface area contributed by atoms with Crippen molar-refractivity contribution in [2.75, 3.05) is 10.6 Å². The van der Waals surface area contributed by atoms with Gasteiger partial charge in [-0.05, 0) is 63.1 Å². The molecule has 2 N–H and O–H groups in total. The molecule has 0 aliphatic rings. The van der Waals surface area contributed by atoms with Gasteiger partial charge in [-0.2, -0.15) is 0 Å². The summed E-state index contributed by atoms with van der Waals surface area (Å²) in [6.45, 7) is 4.34. The first-order valence-electron chi connectivity index (χ1n) is 14.8. The van der Waals surface area contributed by atoms with E-state index in [0.717, 1.165) is 13.8 Å². The zero-order valence-corrected chi connectivity index (χ0v) is 27.2. The Bertz CT molecular complexity index is 1850. The van der Waals surface area contributed by atoms with Crippen molar-refractivity contribution >= 4 is 35.5 Å². The Balaban J connectivity index is 1.23. The summed E-state index contributed by atoms with van der Waals surface area (Å²) in [5.41, 5.74) is -2.15. The van der Waals surface area contributed by atoms with Gasteiger partial charge >= 0.3 is 24.1 Å². The molecule has 0 bridgehead atoms. The van der Waals surface area contributed by atoms with E-state index in [-0.39, 0.29) is 47.2 Å². The SMILES string of the molecule is Cc1c(NC(=O)Oc2ccc(COC(=O)C(C)(C)C(=O)OCc3ccc(OC(=O)Nc4cc(F)c(F)c(F)c4C)cc3)cc2)cc(F)c(F)c1F. The summed E-state index contributed by atoms with van der Waals surface area (Å²) in [6, 6.07) is 12.4. The lowest BCUT2D eigenvalue weighted by atomic mass is 9.94. The normalized spacial score (nSPS) is 11.0. The first kappa shape index (κ1) is 37.8. The van der Waals surface area contributed by atoms with Crippen molar-refractivity contribution in [2.24, 2.45) is 5.41 Å². The summed E-state index contributed by atoms with van der Waals surface area (Å²) in [5.74, 6) is -11.0. The second-order valence-corrected chi connectivity index (χ2v) is 11.4. The Morgan fingerprint density at radius 1 is 0.569 bits per heavy atom. The Morgan fingerprint density at radius 3 is 1.24 bits per heavy atom. The molecule has 4 aromatic carbocycles. The van der Waals surface area contributed by atoms with Gasteiger partial charge in [-0.3, -0.25) is 20.2 Å². The molecule has 4 rings (SSSR count). The highest BCUT2D eigenvalue weighted by molar-refractivity contribution is 5.99. The number of carbonyl (C=O) groups is 4. The maximum absolute atomic E-state index is 13.7. The number of hydrogen-bond acceptors (Lipinski definition) is 8. The summed E-state index contributed by atoms with van der Waals surface area (Å²) in [5, 5.41) is 4.25. The highest BCUT2D eigenvalue weighted by Crippen LogP contribution is 2.26. The third kappa shape index (κ3) is 9.14. The van der Waals surface area contributed by atoms with Crippen molar-refractivity contribution in [1.29, 1.82) is 0 Å². The molecule has 4 aromatic rings. The molecule has 0 atom stereocenters. The van der Waals surface area contributed by atoms with Crippen LogP contribution in [0.4, 0.5) is 47.3 Å². The molecular formula is C35H28F6N2O8. The standard InChI is InChI=1S/C35H28F6N2O8/c1-17-25(13-23(36)29(40)27(17)38)42-33(46)50-21-9-5-19(6-10-21)15-48-31(44)35(3,4)32(45)49-16-20-7-11-22(12-8-20)51-34(47)43-26-14-24(37)30(41)28(39)18(26)2/h5-14H,15-16H2,1-4H3,(H,42,46)(H,43,47). The van der Waals surface area contributed by atoms with Gasteiger partial charge in [0.05, 0.1) is 11.4 Å². The summed E-state index contributed by atoms with van der Waals surface area (Å²) in [7, 11) is 0. The number of benzene rings is 4. The van der Waals surface area contributed by atoms with E-state index in [0.29, 0.717) is 23.3 Å². The number of nitrogens with one attached hydrogen (secondary N) is 2. The van der Waals surface area contributed by atoms with Crippen LogP contribution in [0.1, 0.15) is 36.1 Å². The van der Waals surface area contributed by atoms with E-state index < -0.39 is 64.4 Å². The minimum atomic E-state index is -1.73. The Labute approximate surface area is 286 Å². The monoisotopic (exact) mass is 718 g/mol. The molecule has 268 valence electrons. The van der Waals surface area contributed by atoms with Crippen LogP contribution >= 0.6 is 0 Å². The van der Waals surface area contributed by atoms with E-state index in [1.165, 1.54) is 62.4 Å². The molecule has 0 heterocycles. The number of carbonyl (C=O) groups excluding carboxylic acids is 4. The third-order valence-corrected chi connectivity index (χ3v) is 7.32. The van der Waals surface area contributed by atoms with Crippen LogP contribution in [0.5, 0.6) is 11.5 Å². The fourth-order valence-electron chi connectivity index (χ4n) is 4.17. The zero-order valence-electron chi connectivity index (χ0n) is 27.2. The Morgan fingerprint density at radius 2 is 0.902 bits per heavy atom. The third-order valence-electron chi connectivity index (χ3n) is 7.32. The maximum atomic E-state index is 13.7. The van der Waals surface area contributed by atoms with Crippen LogP contribution in [0.2, 0.25) is 0 Å². The Kier molecular flexibility index (Phi) is 11.6. The topological polar surface area (TPSA) is 129 Å². The highest BCUT2D eigenvalue weighted by Gasteiger charge is 2.39. The van der Waals surface area contributed by atoms with Crippen LogP contribution in [-0.2, 0) is 32.3 Å². The van der Waals surface area contributed by atoms with Gasteiger partial charge in [0.15, 0.2) is 40.3 Å². The van der Waals surface area contributed by atoms with Gasteiger partial charge in [-0.15, -0.1) is 0 Å². The van der Waals surface area contributed by atoms with E-state index in [1.807, 2.05) is 0 Å².